The molecule has 36 heavy (non-hydrogen) atoms. The van der Waals surface area contributed by atoms with Crippen LogP contribution in [-0.4, -0.2) is 43.3 Å². The molecule has 0 spiro atoms. The molecule has 0 atom stereocenters. The maximum absolute atomic E-state index is 13.0. The molecule has 3 rings (SSSR count). The highest BCUT2D eigenvalue weighted by Gasteiger charge is 2.32. The maximum Gasteiger partial charge on any atom is 0.573 e. The zero-order valence-electron chi connectivity index (χ0n) is 18.2. The summed E-state index contributed by atoms with van der Waals surface area (Å²) in [5, 5.41) is 9.22. The smallest absolute Gasteiger partial charge is 0.480 e. The second kappa shape index (κ2) is 10.9. The van der Waals surface area contributed by atoms with Gasteiger partial charge in [-0.05, 0) is 41.5 Å². The van der Waals surface area contributed by atoms with Gasteiger partial charge in [-0.15, -0.1) is 13.2 Å². The second-order valence-corrected chi connectivity index (χ2v) is 9.20. The zero-order valence-corrected chi connectivity index (χ0v) is 19.0. The molecule has 0 fully saturated rings. The molecule has 0 heterocycles. The van der Waals surface area contributed by atoms with Crippen molar-refractivity contribution in [2.24, 2.45) is 0 Å². The van der Waals surface area contributed by atoms with Crippen LogP contribution in [0.2, 0.25) is 0 Å². The molecule has 3 aromatic rings. The second-order valence-electron chi connectivity index (χ2n) is 7.26. The summed E-state index contributed by atoms with van der Waals surface area (Å²) < 4.78 is 97.7. The van der Waals surface area contributed by atoms with Gasteiger partial charge in [0.05, 0.1) is 4.90 Å². The van der Waals surface area contributed by atoms with Gasteiger partial charge in [0.15, 0.2) is 0 Å². The Bertz CT molecular complexity index is 1300. The lowest BCUT2D eigenvalue weighted by atomic mass is 10.0. The van der Waals surface area contributed by atoms with E-state index in [1.165, 1.54) is 42.5 Å². The Labute approximate surface area is 202 Å². The van der Waals surface area contributed by atoms with Crippen LogP contribution < -0.4 is 9.47 Å². The molecule has 0 saturated carbocycles. The Hall–Kier alpha value is -3.71. The van der Waals surface area contributed by atoms with Crippen molar-refractivity contribution in [1.29, 1.82) is 0 Å². The van der Waals surface area contributed by atoms with Crippen molar-refractivity contribution in [2.75, 3.05) is 6.54 Å². The molecule has 0 aliphatic rings. The van der Waals surface area contributed by atoms with E-state index >= 15 is 0 Å². The van der Waals surface area contributed by atoms with Crippen molar-refractivity contribution < 1.29 is 49.7 Å². The van der Waals surface area contributed by atoms with Gasteiger partial charge >= 0.3 is 18.9 Å². The van der Waals surface area contributed by atoms with Gasteiger partial charge in [-0.1, -0.05) is 42.5 Å². The number of nitrogens with zero attached hydrogens (tertiary/aromatic N) is 1. The molecule has 3 aromatic carbocycles. The van der Waals surface area contributed by atoms with E-state index in [4.69, 9.17) is 0 Å². The van der Waals surface area contributed by atoms with Gasteiger partial charge in [-0.2, -0.15) is 13.1 Å². The van der Waals surface area contributed by atoms with Gasteiger partial charge < -0.3 is 14.6 Å². The largest absolute Gasteiger partial charge is 0.573 e. The standard InChI is InChI=1S/C23H18F5NO6S/c24-22(25)34-17-9-11-18(12-10-17)36(32,33)29(14-21(30)31)13-15-5-7-16(8-6-15)19-3-1-2-4-20(19)35-23(26,27)28/h1-12,22H,13-14H2,(H,30,31). The van der Waals surface area contributed by atoms with Crippen LogP contribution in [0.15, 0.2) is 77.7 Å². The van der Waals surface area contributed by atoms with Crippen molar-refractivity contribution in [1.82, 2.24) is 4.31 Å². The SMILES string of the molecule is O=C(O)CN(Cc1ccc(-c2ccccc2OC(F)(F)F)cc1)S(=O)(=O)c1ccc(OC(F)F)cc1. The summed E-state index contributed by atoms with van der Waals surface area (Å²) in [7, 11) is -4.36. The Balaban J connectivity index is 1.85. The van der Waals surface area contributed by atoms with Crippen LogP contribution in [0.1, 0.15) is 5.56 Å². The van der Waals surface area contributed by atoms with Crippen molar-refractivity contribution in [3.05, 3.63) is 78.4 Å². The van der Waals surface area contributed by atoms with Crippen LogP contribution in [0.3, 0.4) is 0 Å². The lowest BCUT2D eigenvalue weighted by Crippen LogP contribution is -2.35. The quantitative estimate of drug-likeness (QED) is 0.365. The highest BCUT2D eigenvalue weighted by atomic mass is 32.2. The van der Waals surface area contributed by atoms with Gasteiger partial charge in [0.2, 0.25) is 10.0 Å². The van der Waals surface area contributed by atoms with Crippen LogP contribution in [0.4, 0.5) is 22.0 Å². The van der Waals surface area contributed by atoms with Crippen LogP contribution in [-0.2, 0) is 21.4 Å². The molecule has 0 aliphatic carbocycles. The topological polar surface area (TPSA) is 93.1 Å². The van der Waals surface area contributed by atoms with E-state index in [-0.39, 0.29) is 22.8 Å². The summed E-state index contributed by atoms with van der Waals surface area (Å²) in [6, 6.07) is 15.2. The lowest BCUT2D eigenvalue weighted by Gasteiger charge is -2.21. The van der Waals surface area contributed by atoms with Crippen LogP contribution in [0.5, 0.6) is 11.5 Å². The van der Waals surface area contributed by atoms with Crippen molar-refractivity contribution in [2.45, 2.75) is 24.4 Å². The summed E-state index contributed by atoms with van der Waals surface area (Å²) in [5.74, 6) is -2.14. The fourth-order valence-electron chi connectivity index (χ4n) is 3.23. The maximum atomic E-state index is 13.0. The van der Waals surface area contributed by atoms with Crippen molar-refractivity contribution in [3.63, 3.8) is 0 Å². The van der Waals surface area contributed by atoms with E-state index in [0.717, 1.165) is 30.3 Å². The number of carboxylic acid groups (broad SMARTS) is 1. The molecule has 0 aromatic heterocycles. The number of hydrogen-bond donors (Lipinski definition) is 1. The monoisotopic (exact) mass is 531 g/mol. The summed E-state index contributed by atoms with van der Waals surface area (Å²) in [5.41, 5.74) is 0.832. The summed E-state index contributed by atoms with van der Waals surface area (Å²) in [6.45, 7) is -4.39. The number of alkyl halides is 5. The molecule has 0 unspecified atom stereocenters. The molecular formula is C23H18F5NO6S. The van der Waals surface area contributed by atoms with Crippen LogP contribution >= 0.6 is 0 Å². The molecule has 7 nitrogen and oxygen atoms in total. The highest BCUT2D eigenvalue weighted by Crippen LogP contribution is 2.34. The van der Waals surface area contributed by atoms with E-state index in [2.05, 4.69) is 9.47 Å². The minimum absolute atomic E-state index is 0.141. The number of rotatable bonds is 10. The number of hydrogen-bond acceptors (Lipinski definition) is 5. The van der Waals surface area contributed by atoms with E-state index in [0.29, 0.717) is 15.4 Å². The number of carboxylic acids is 1. The molecule has 0 aliphatic heterocycles. The molecule has 1 N–H and O–H groups in total. The molecule has 0 bridgehead atoms. The normalized spacial score (nSPS) is 12.1. The van der Waals surface area contributed by atoms with Gasteiger partial charge in [-0.25, -0.2) is 8.42 Å². The van der Waals surface area contributed by atoms with E-state index in [1.54, 1.807) is 0 Å². The fourth-order valence-corrected chi connectivity index (χ4v) is 4.61. The first kappa shape index (κ1) is 26.9. The Kier molecular flexibility index (Phi) is 8.15. The number of sulfonamides is 1. The molecule has 192 valence electrons. The van der Waals surface area contributed by atoms with Gasteiger partial charge in [0.1, 0.15) is 18.0 Å². The predicted octanol–water partition coefficient (Wildman–Crippen LogP) is 5.13. The van der Waals surface area contributed by atoms with E-state index < -0.39 is 41.3 Å². The van der Waals surface area contributed by atoms with Crippen LogP contribution in [0.25, 0.3) is 11.1 Å². The number of ether oxygens (including phenoxy) is 2. The summed E-state index contributed by atoms with van der Waals surface area (Å²) >= 11 is 0. The minimum Gasteiger partial charge on any atom is -0.480 e. The molecule has 0 saturated heterocycles. The average Bonchev–Trinajstić information content (AvgIpc) is 2.78. The third-order valence-corrected chi connectivity index (χ3v) is 6.54. The predicted molar refractivity (Wildman–Crippen MR) is 117 cm³/mol. The minimum atomic E-state index is -4.90. The molecular weight excluding hydrogens is 513 g/mol. The number of halogens is 5. The van der Waals surface area contributed by atoms with Gasteiger partial charge in [0.25, 0.3) is 0 Å². The van der Waals surface area contributed by atoms with E-state index in [9.17, 15) is 40.3 Å². The number of aliphatic carboxylic acids is 1. The third-order valence-electron chi connectivity index (χ3n) is 4.73. The zero-order chi connectivity index (χ0) is 26.5. The number of carbonyl (C=O) groups is 1. The first-order valence-corrected chi connectivity index (χ1v) is 11.5. The Morgan fingerprint density at radius 1 is 0.944 bits per heavy atom. The first-order chi connectivity index (χ1) is 16.8. The molecule has 0 radical (unpaired) electrons. The average molecular weight is 531 g/mol. The number of para-hydroxylation sites is 1. The Morgan fingerprint density at radius 2 is 1.56 bits per heavy atom. The summed E-state index contributed by atoms with van der Waals surface area (Å²) in [4.78, 5) is 11.0. The van der Waals surface area contributed by atoms with Crippen molar-refractivity contribution >= 4 is 16.0 Å². The fraction of sp³-hybridized carbons (Fsp3) is 0.174. The van der Waals surface area contributed by atoms with Gasteiger partial charge in [-0.3, -0.25) is 4.79 Å². The van der Waals surface area contributed by atoms with Crippen LogP contribution in [0, 0.1) is 0 Å². The molecule has 0 amide bonds. The highest BCUT2D eigenvalue weighted by molar-refractivity contribution is 7.89. The van der Waals surface area contributed by atoms with Crippen molar-refractivity contribution in [3.8, 4) is 22.6 Å². The van der Waals surface area contributed by atoms with Gasteiger partial charge in [0, 0.05) is 12.1 Å². The lowest BCUT2D eigenvalue weighted by molar-refractivity contribution is -0.274. The third kappa shape index (κ3) is 7.15. The molecule has 13 heteroatoms. The Morgan fingerprint density at radius 3 is 2.11 bits per heavy atom. The van der Waals surface area contributed by atoms with E-state index in [1.807, 2.05) is 0 Å². The first-order valence-electron chi connectivity index (χ1n) is 10.1. The summed E-state index contributed by atoms with van der Waals surface area (Å²) in [6.07, 6.45) is -4.90. The number of benzene rings is 3.